The molecular formula is C15H33BrN+. The molecule has 0 aromatic rings. The number of unbranched alkanes of at least 4 members (excludes halogenated alkanes) is 7. The Hall–Kier alpha value is 0.440. The molecule has 17 heavy (non-hydrogen) atoms. The number of hydrogen-bond acceptors (Lipinski definition) is 0. The zero-order chi connectivity index (χ0) is 13.1. The van der Waals surface area contributed by atoms with Crippen LogP contribution >= 0.6 is 15.9 Å². The fourth-order valence-electron chi connectivity index (χ4n) is 2.29. The first-order valence-corrected chi connectivity index (χ1v) is 8.43. The van der Waals surface area contributed by atoms with E-state index in [2.05, 4.69) is 43.9 Å². The summed E-state index contributed by atoms with van der Waals surface area (Å²) in [7, 11) is 4.67. The van der Waals surface area contributed by atoms with E-state index in [1.165, 1.54) is 64.3 Å². The van der Waals surface area contributed by atoms with E-state index < -0.39 is 0 Å². The summed E-state index contributed by atoms with van der Waals surface area (Å²) in [4.78, 5) is 0.618. The predicted molar refractivity (Wildman–Crippen MR) is 82.6 cm³/mol. The van der Waals surface area contributed by atoms with Crippen molar-refractivity contribution in [2.75, 3.05) is 20.6 Å². The minimum Gasteiger partial charge on any atom is -0.317 e. The Morgan fingerprint density at radius 3 is 1.76 bits per heavy atom. The van der Waals surface area contributed by atoms with Crippen LogP contribution in [0.4, 0.5) is 0 Å². The minimum absolute atomic E-state index is 0.618. The Balaban J connectivity index is 3.38. The zero-order valence-electron chi connectivity index (χ0n) is 12.5. The van der Waals surface area contributed by atoms with Gasteiger partial charge in [-0.15, -0.1) is 0 Å². The van der Waals surface area contributed by atoms with Gasteiger partial charge in [-0.05, 0) is 28.8 Å². The minimum atomic E-state index is 0.618. The van der Waals surface area contributed by atoms with Gasteiger partial charge in [0.2, 0.25) is 0 Å². The van der Waals surface area contributed by atoms with E-state index in [1.54, 1.807) is 0 Å². The molecule has 104 valence electrons. The van der Waals surface area contributed by atoms with Crippen LogP contribution in [0.1, 0.15) is 71.6 Å². The first kappa shape index (κ1) is 17.4. The second kappa shape index (κ2) is 10.4. The van der Waals surface area contributed by atoms with E-state index in [0.29, 0.717) is 4.95 Å². The number of quaternary nitrogens is 1. The molecule has 0 aliphatic heterocycles. The summed E-state index contributed by atoms with van der Waals surface area (Å²) in [5.74, 6) is 0. The summed E-state index contributed by atoms with van der Waals surface area (Å²) in [6, 6.07) is 0. The largest absolute Gasteiger partial charge is 0.317 e. The summed E-state index contributed by atoms with van der Waals surface area (Å²) in [6.07, 6.45) is 12.5. The Morgan fingerprint density at radius 2 is 1.29 bits per heavy atom. The first-order chi connectivity index (χ1) is 8.04. The van der Waals surface area contributed by atoms with Crippen molar-refractivity contribution in [3.8, 4) is 0 Å². The number of rotatable bonds is 11. The smallest absolute Gasteiger partial charge is 0.143 e. The monoisotopic (exact) mass is 306 g/mol. The van der Waals surface area contributed by atoms with Gasteiger partial charge in [-0.3, -0.25) is 0 Å². The van der Waals surface area contributed by atoms with Gasteiger partial charge in [0, 0.05) is 6.42 Å². The fourth-order valence-corrected chi connectivity index (χ4v) is 2.49. The number of alkyl halides is 1. The second-order valence-corrected chi connectivity index (χ2v) is 6.88. The highest BCUT2D eigenvalue weighted by Crippen LogP contribution is 2.18. The molecule has 0 saturated carbocycles. The molecule has 0 spiro atoms. The highest BCUT2D eigenvalue weighted by molar-refractivity contribution is 9.09. The van der Waals surface area contributed by atoms with Crippen molar-refractivity contribution in [1.82, 2.24) is 0 Å². The van der Waals surface area contributed by atoms with Gasteiger partial charge >= 0.3 is 0 Å². The molecule has 2 heteroatoms. The Kier molecular flexibility index (Phi) is 10.6. The predicted octanol–water partition coefficient (Wildman–Crippen LogP) is 5.33. The van der Waals surface area contributed by atoms with Crippen molar-refractivity contribution in [1.29, 1.82) is 0 Å². The van der Waals surface area contributed by atoms with Gasteiger partial charge in [0.25, 0.3) is 0 Å². The van der Waals surface area contributed by atoms with E-state index in [9.17, 15) is 0 Å². The molecule has 0 bridgehead atoms. The van der Waals surface area contributed by atoms with E-state index in [4.69, 9.17) is 0 Å². The third-order valence-electron chi connectivity index (χ3n) is 3.68. The van der Waals surface area contributed by atoms with Crippen molar-refractivity contribution in [2.24, 2.45) is 0 Å². The van der Waals surface area contributed by atoms with Crippen molar-refractivity contribution < 1.29 is 4.48 Å². The lowest BCUT2D eigenvalue weighted by Gasteiger charge is -2.34. The summed E-state index contributed by atoms with van der Waals surface area (Å²) >= 11 is 3.78. The van der Waals surface area contributed by atoms with Gasteiger partial charge < -0.3 is 4.48 Å². The molecular weight excluding hydrogens is 274 g/mol. The Labute approximate surface area is 118 Å². The lowest BCUT2D eigenvalue weighted by Crippen LogP contribution is -2.45. The Morgan fingerprint density at radius 1 is 0.824 bits per heavy atom. The number of hydrogen-bond donors (Lipinski definition) is 0. The quantitative estimate of drug-likeness (QED) is 0.209. The SMILES string of the molecule is CCCCCCCCCC[N+](C)(C)C(Br)CC. The summed E-state index contributed by atoms with van der Waals surface area (Å²) in [5.41, 5.74) is 0. The third-order valence-corrected chi connectivity index (χ3v) is 5.44. The molecule has 0 rings (SSSR count). The summed E-state index contributed by atoms with van der Waals surface area (Å²) in [5, 5.41) is 0. The van der Waals surface area contributed by atoms with Crippen LogP contribution in [-0.2, 0) is 0 Å². The lowest BCUT2D eigenvalue weighted by atomic mass is 10.1. The van der Waals surface area contributed by atoms with Crippen molar-refractivity contribution >= 4 is 15.9 Å². The molecule has 0 fully saturated rings. The molecule has 0 amide bonds. The average Bonchev–Trinajstić information content (AvgIpc) is 2.31. The molecule has 0 aliphatic carbocycles. The maximum Gasteiger partial charge on any atom is 0.143 e. The van der Waals surface area contributed by atoms with Crippen LogP contribution in [0.15, 0.2) is 0 Å². The van der Waals surface area contributed by atoms with Gasteiger partial charge in [-0.1, -0.05) is 52.4 Å². The van der Waals surface area contributed by atoms with Crippen molar-refractivity contribution in [2.45, 2.75) is 76.6 Å². The van der Waals surface area contributed by atoms with E-state index >= 15 is 0 Å². The van der Waals surface area contributed by atoms with Crippen molar-refractivity contribution in [3.63, 3.8) is 0 Å². The van der Waals surface area contributed by atoms with Gasteiger partial charge in [-0.2, -0.15) is 0 Å². The molecule has 1 atom stereocenters. The molecule has 0 aromatic carbocycles. The van der Waals surface area contributed by atoms with Gasteiger partial charge in [0.1, 0.15) is 4.95 Å². The molecule has 1 unspecified atom stereocenters. The van der Waals surface area contributed by atoms with Crippen molar-refractivity contribution in [3.05, 3.63) is 0 Å². The molecule has 0 aromatic heterocycles. The lowest BCUT2D eigenvalue weighted by molar-refractivity contribution is -0.899. The van der Waals surface area contributed by atoms with Crippen LogP contribution in [0.25, 0.3) is 0 Å². The van der Waals surface area contributed by atoms with Crippen LogP contribution in [0.3, 0.4) is 0 Å². The standard InChI is InChI=1S/C15H33BrN/c1-5-7-8-9-10-11-12-13-14-17(3,4)15(16)6-2/h15H,5-14H2,1-4H3/q+1. The summed E-state index contributed by atoms with van der Waals surface area (Å²) in [6.45, 7) is 5.84. The van der Waals surface area contributed by atoms with E-state index in [-0.39, 0.29) is 0 Å². The molecule has 0 aliphatic rings. The van der Waals surface area contributed by atoms with Gasteiger partial charge in [0.15, 0.2) is 0 Å². The third kappa shape index (κ3) is 9.07. The highest BCUT2D eigenvalue weighted by atomic mass is 79.9. The highest BCUT2D eigenvalue weighted by Gasteiger charge is 2.22. The molecule has 1 nitrogen and oxygen atoms in total. The number of halogens is 1. The first-order valence-electron chi connectivity index (χ1n) is 7.51. The van der Waals surface area contributed by atoms with E-state index in [0.717, 1.165) is 4.48 Å². The maximum absolute atomic E-state index is 3.78. The van der Waals surface area contributed by atoms with Crippen LogP contribution < -0.4 is 0 Å². The maximum atomic E-state index is 3.78. The zero-order valence-corrected chi connectivity index (χ0v) is 14.1. The van der Waals surface area contributed by atoms with Crippen LogP contribution in [0.2, 0.25) is 0 Å². The molecule has 0 N–H and O–H groups in total. The molecule has 0 heterocycles. The Bertz CT molecular complexity index is 168. The molecule has 0 radical (unpaired) electrons. The van der Waals surface area contributed by atoms with Gasteiger partial charge in [-0.25, -0.2) is 0 Å². The number of nitrogens with zero attached hydrogens (tertiary/aromatic N) is 1. The topological polar surface area (TPSA) is 0 Å². The van der Waals surface area contributed by atoms with Gasteiger partial charge in [0.05, 0.1) is 20.6 Å². The normalized spacial score (nSPS) is 13.9. The molecule has 0 saturated heterocycles. The van der Waals surface area contributed by atoms with E-state index in [1.807, 2.05) is 0 Å². The van der Waals surface area contributed by atoms with Crippen LogP contribution in [-0.4, -0.2) is 30.1 Å². The van der Waals surface area contributed by atoms with Crippen LogP contribution in [0.5, 0.6) is 0 Å². The second-order valence-electron chi connectivity index (χ2n) is 5.82. The average molecular weight is 307 g/mol. The van der Waals surface area contributed by atoms with Crippen LogP contribution in [0, 0.1) is 0 Å². The summed E-state index contributed by atoms with van der Waals surface area (Å²) < 4.78 is 1.12. The fraction of sp³-hybridized carbons (Fsp3) is 1.00.